The van der Waals surface area contributed by atoms with Crippen LogP contribution < -0.4 is 5.32 Å². The third kappa shape index (κ3) is 2.01. The molecule has 0 radical (unpaired) electrons. The Hall–Kier alpha value is -1.75. The lowest BCUT2D eigenvalue weighted by atomic mass is 10.1. The maximum atomic E-state index is 13.2. The Morgan fingerprint density at radius 2 is 2.33 bits per heavy atom. The van der Waals surface area contributed by atoms with E-state index in [-0.39, 0.29) is 5.82 Å². The number of halogens is 1. The molecule has 1 atom stereocenters. The summed E-state index contributed by atoms with van der Waals surface area (Å²) in [6.45, 7) is 3.59. The summed E-state index contributed by atoms with van der Waals surface area (Å²) < 4.78 is 18.5. The molecule has 1 aliphatic heterocycles. The smallest absolute Gasteiger partial charge is 0.231 e. The zero-order valence-corrected chi connectivity index (χ0v) is 10.1. The summed E-state index contributed by atoms with van der Waals surface area (Å²) in [4.78, 5) is 4.39. The van der Waals surface area contributed by atoms with Crippen molar-refractivity contribution in [1.29, 1.82) is 0 Å². The minimum absolute atomic E-state index is 0.220. The largest absolute Gasteiger partial charge is 0.339 e. The van der Waals surface area contributed by atoms with Crippen LogP contribution in [-0.4, -0.2) is 23.2 Å². The SMILES string of the molecule is Cc1cc(-c2noc(C3CCNC3)n2)ccc1F. The Morgan fingerprint density at radius 1 is 1.44 bits per heavy atom. The van der Waals surface area contributed by atoms with Crippen molar-refractivity contribution in [3.63, 3.8) is 0 Å². The van der Waals surface area contributed by atoms with Crippen molar-refractivity contribution < 1.29 is 8.91 Å². The molecule has 0 saturated carbocycles. The molecule has 4 nitrogen and oxygen atoms in total. The molecule has 2 aromatic rings. The monoisotopic (exact) mass is 247 g/mol. The summed E-state index contributed by atoms with van der Waals surface area (Å²) in [5.41, 5.74) is 1.37. The summed E-state index contributed by atoms with van der Waals surface area (Å²) in [6.07, 6.45) is 1.02. The Morgan fingerprint density at radius 3 is 3.06 bits per heavy atom. The number of nitrogens with zero attached hydrogens (tertiary/aromatic N) is 2. The fourth-order valence-electron chi connectivity index (χ4n) is 2.17. The van der Waals surface area contributed by atoms with Gasteiger partial charge in [0, 0.05) is 12.1 Å². The summed E-state index contributed by atoms with van der Waals surface area (Å²) in [7, 11) is 0. The molecule has 1 saturated heterocycles. The van der Waals surface area contributed by atoms with E-state index in [1.807, 2.05) is 0 Å². The van der Waals surface area contributed by atoms with Gasteiger partial charge in [0.15, 0.2) is 0 Å². The van der Waals surface area contributed by atoms with E-state index in [1.165, 1.54) is 6.07 Å². The molecule has 1 aliphatic rings. The number of benzene rings is 1. The van der Waals surface area contributed by atoms with Gasteiger partial charge in [0.05, 0.1) is 5.92 Å². The molecule has 1 N–H and O–H groups in total. The van der Waals surface area contributed by atoms with Crippen LogP contribution in [0.15, 0.2) is 22.7 Å². The number of aromatic nitrogens is 2. The molecule has 0 aliphatic carbocycles. The van der Waals surface area contributed by atoms with Crippen LogP contribution in [0.5, 0.6) is 0 Å². The molecular formula is C13H14FN3O. The molecule has 18 heavy (non-hydrogen) atoms. The van der Waals surface area contributed by atoms with Crippen LogP contribution in [0.4, 0.5) is 4.39 Å². The first-order valence-corrected chi connectivity index (χ1v) is 6.05. The molecule has 0 spiro atoms. The van der Waals surface area contributed by atoms with Gasteiger partial charge in [-0.05, 0) is 43.7 Å². The summed E-state index contributed by atoms with van der Waals surface area (Å²) >= 11 is 0. The van der Waals surface area contributed by atoms with Gasteiger partial charge >= 0.3 is 0 Å². The second-order valence-electron chi connectivity index (χ2n) is 4.61. The Kier molecular flexibility index (Phi) is 2.83. The zero-order chi connectivity index (χ0) is 12.5. The number of hydrogen-bond donors (Lipinski definition) is 1. The van der Waals surface area contributed by atoms with Crippen molar-refractivity contribution in [3.8, 4) is 11.4 Å². The number of rotatable bonds is 2. The van der Waals surface area contributed by atoms with E-state index in [0.717, 1.165) is 25.1 Å². The molecule has 3 rings (SSSR count). The molecule has 0 bridgehead atoms. The maximum absolute atomic E-state index is 13.2. The van der Waals surface area contributed by atoms with Crippen molar-refractivity contribution in [2.75, 3.05) is 13.1 Å². The summed E-state index contributed by atoms with van der Waals surface area (Å²) in [5, 5.41) is 7.22. The van der Waals surface area contributed by atoms with Gasteiger partial charge in [-0.2, -0.15) is 4.98 Å². The topological polar surface area (TPSA) is 51.0 Å². The lowest BCUT2D eigenvalue weighted by Gasteiger charge is -1.99. The lowest BCUT2D eigenvalue weighted by Crippen LogP contribution is -2.08. The van der Waals surface area contributed by atoms with Crippen molar-refractivity contribution >= 4 is 0 Å². The second kappa shape index (κ2) is 4.49. The third-order valence-electron chi connectivity index (χ3n) is 3.27. The van der Waals surface area contributed by atoms with Crippen LogP contribution in [0, 0.1) is 12.7 Å². The zero-order valence-electron chi connectivity index (χ0n) is 10.1. The lowest BCUT2D eigenvalue weighted by molar-refractivity contribution is 0.359. The highest BCUT2D eigenvalue weighted by atomic mass is 19.1. The van der Waals surface area contributed by atoms with Crippen LogP contribution in [0.3, 0.4) is 0 Å². The van der Waals surface area contributed by atoms with E-state index in [0.29, 0.717) is 23.2 Å². The maximum Gasteiger partial charge on any atom is 0.231 e. The average Bonchev–Trinajstić information content (AvgIpc) is 3.01. The quantitative estimate of drug-likeness (QED) is 0.884. The van der Waals surface area contributed by atoms with Crippen LogP contribution in [0.1, 0.15) is 23.8 Å². The first kappa shape index (κ1) is 11.3. The van der Waals surface area contributed by atoms with Gasteiger partial charge in [0.25, 0.3) is 0 Å². The number of aryl methyl sites for hydroxylation is 1. The van der Waals surface area contributed by atoms with E-state index >= 15 is 0 Å². The summed E-state index contributed by atoms with van der Waals surface area (Å²) in [6, 6.07) is 4.83. The van der Waals surface area contributed by atoms with E-state index in [1.54, 1.807) is 19.1 Å². The van der Waals surface area contributed by atoms with Crippen molar-refractivity contribution in [1.82, 2.24) is 15.5 Å². The average molecular weight is 247 g/mol. The van der Waals surface area contributed by atoms with Gasteiger partial charge in [-0.15, -0.1) is 0 Å². The normalized spacial score (nSPS) is 19.3. The Bertz CT molecular complexity index is 561. The van der Waals surface area contributed by atoms with Crippen LogP contribution in [0.25, 0.3) is 11.4 Å². The fourth-order valence-corrected chi connectivity index (χ4v) is 2.17. The molecule has 1 aromatic carbocycles. The predicted molar refractivity (Wildman–Crippen MR) is 64.7 cm³/mol. The van der Waals surface area contributed by atoms with Gasteiger partial charge < -0.3 is 9.84 Å². The fraction of sp³-hybridized carbons (Fsp3) is 0.385. The predicted octanol–water partition coefficient (Wildman–Crippen LogP) is 2.26. The van der Waals surface area contributed by atoms with Gasteiger partial charge in [0.1, 0.15) is 5.82 Å². The first-order chi connectivity index (χ1) is 8.74. The number of hydrogen-bond acceptors (Lipinski definition) is 4. The molecule has 1 unspecified atom stereocenters. The van der Waals surface area contributed by atoms with E-state index < -0.39 is 0 Å². The first-order valence-electron chi connectivity index (χ1n) is 6.05. The highest BCUT2D eigenvalue weighted by Gasteiger charge is 2.23. The minimum atomic E-state index is -0.220. The van der Waals surface area contributed by atoms with Crippen LogP contribution >= 0.6 is 0 Å². The van der Waals surface area contributed by atoms with E-state index in [9.17, 15) is 4.39 Å². The summed E-state index contributed by atoms with van der Waals surface area (Å²) in [5.74, 6) is 1.27. The van der Waals surface area contributed by atoms with Crippen LogP contribution in [-0.2, 0) is 0 Å². The third-order valence-corrected chi connectivity index (χ3v) is 3.27. The van der Waals surface area contributed by atoms with Crippen LogP contribution in [0.2, 0.25) is 0 Å². The highest BCUT2D eigenvalue weighted by molar-refractivity contribution is 5.55. The molecule has 1 fully saturated rings. The van der Waals surface area contributed by atoms with Crippen molar-refractivity contribution in [2.24, 2.45) is 0 Å². The molecule has 1 aromatic heterocycles. The molecular weight excluding hydrogens is 233 g/mol. The van der Waals surface area contributed by atoms with Gasteiger partial charge in [0.2, 0.25) is 11.7 Å². The van der Waals surface area contributed by atoms with Crippen molar-refractivity contribution in [3.05, 3.63) is 35.5 Å². The second-order valence-corrected chi connectivity index (χ2v) is 4.61. The van der Waals surface area contributed by atoms with E-state index in [2.05, 4.69) is 15.5 Å². The molecule has 94 valence electrons. The Balaban J connectivity index is 1.89. The van der Waals surface area contributed by atoms with Gasteiger partial charge in [-0.25, -0.2) is 4.39 Å². The van der Waals surface area contributed by atoms with Crippen molar-refractivity contribution in [2.45, 2.75) is 19.3 Å². The Labute approximate surface area is 104 Å². The minimum Gasteiger partial charge on any atom is -0.339 e. The molecule has 0 amide bonds. The molecule has 5 heteroatoms. The van der Waals surface area contributed by atoms with Gasteiger partial charge in [-0.3, -0.25) is 0 Å². The molecule has 2 heterocycles. The number of nitrogens with one attached hydrogen (secondary N) is 1. The highest BCUT2D eigenvalue weighted by Crippen LogP contribution is 2.24. The standard InChI is InChI=1S/C13H14FN3O/c1-8-6-9(2-3-11(8)14)12-16-13(18-17-12)10-4-5-15-7-10/h2-3,6,10,15H,4-5,7H2,1H3. The van der Waals surface area contributed by atoms with E-state index in [4.69, 9.17) is 4.52 Å². The van der Waals surface area contributed by atoms with Gasteiger partial charge in [-0.1, -0.05) is 5.16 Å².